The van der Waals surface area contributed by atoms with Crippen LogP contribution in [0.5, 0.6) is 0 Å². The van der Waals surface area contributed by atoms with Crippen molar-refractivity contribution in [3.8, 4) is 6.07 Å². The minimum absolute atomic E-state index is 0.635. The Morgan fingerprint density at radius 3 is 3.19 bits per heavy atom. The number of nitrogens with one attached hydrogen (secondary N) is 1. The highest BCUT2D eigenvalue weighted by atomic mass is 32.2. The van der Waals surface area contributed by atoms with Gasteiger partial charge in [0.05, 0.1) is 5.56 Å². The summed E-state index contributed by atoms with van der Waals surface area (Å²) in [7, 11) is 0. The molecule has 0 aliphatic rings. The van der Waals surface area contributed by atoms with Gasteiger partial charge in [0.25, 0.3) is 0 Å². The number of pyridine rings is 1. The van der Waals surface area contributed by atoms with E-state index in [1.807, 2.05) is 19.1 Å². The molecule has 1 heterocycles. The molecule has 0 saturated heterocycles. The molecule has 1 rings (SSSR count). The molecular weight excluding hydrogens is 218 g/mol. The van der Waals surface area contributed by atoms with Crippen LogP contribution in [-0.2, 0) is 0 Å². The molecule has 0 bridgehead atoms. The van der Waals surface area contributed by atoms with Crippen molar-refractivity contribution < 1.29 is 0 Å². The summed E-state index contributed by atoms with van der Waals surface area (Å²) in [6.07, 6.45) is 3.60. The summed E-state index contributed by atoms with van der Waals surface area (Å²) < 4.78 is 0. The van der Waals surface area contributed by atoms with Crippen LogP contribution in [0, 0.1) is 18.3 Å². The van der Waals surface area contributed by atoms with Gasteiger partial charge in [-0.3, -0.25) is 0 Å². The lowest BCUT2D eigenvalue weighted by atomic mass is 10.1. The van der Waals surface area contributed by atoms with Crippen molar-refractivity contribution in [2.24, 2.45) is 0 Å². The number of hydrogen-bond acceptors (Lipinski definition) is 4. The van der Waals surface area contributed by atoms with Gasteiger partial charge in [-0.15, -0.1) is 6.58 Å². The van der Waals surface area contributed by atoms with E-state index in [0.29, 0.717) is 11.4 Å². The summed E-state index contributed by atoms with van der Waals surface area (Å²) in [6, 6.07) is 4.01. The van der Waals surface area contributed by atoms with Gasteiger partial charge in [-0.05, 0) is 18.6 Å². The quantitative estimate of drug-likeness (QED) is 0.606. The smallest absolute Gasteiger partial charge is 0.144 e. The second-order valence-electron chi connectivity index (χ2n) is 3.25. The average Bonchev–Trinajstić information content (AvgIpc) is 2.29. The van der Waals surface area contributed by atoms with E-state index in [9.17, 15) is 0 Å². The number of nitriles is 1. The van der Waals surface area contributed by atoms with Crippen LogP contribution in [0.2, 0.25) is 0 Å². The third-order valence-electron chi connectivity index (χ3n) is 2.05. The van der Waals surface area contributed by atoms with Gasteiger partial charge in [-0.25, -0.2) is 4.98 Å². The van der Waals surface area contributed by atoms with Crippen molar-refractivity contribution in [3.63, 3.8) is 0 Å². The molecule has 0 spiro atoms. The summed E-state index contributed by atoms with van der Waals surface area (Å²) >= 11 is 1.80. The molecule has 0 aliphatic heterocycles. The van der Waals surface area contributed by atoms with Crippen LogP contribution in [0.15, 0.2) is 24.9 Å². The third kappa shape index (κ3) is 3.59. The third-order valence-corrected chi connectivity index (χ3v) is 3.01. The number of hydrogen-bond donors (Lipinski definition) is 1. The highest BCUT2D eigenvalue weighted by Gasteiger charge is 2.04. The maximum Gasteiger partial charge on any atom is 0.144 e. The second kappa shape index (κ2) is 6.91. The molecule has 1 aromatic rings. The summed E-state index contributed by atoms with van der Waals surface area (Å²) in [4.78, 5) is 4.17. The molecular formula is C12H15N3S. The highest BCUT2D eigenvalue weighted by Crippen LogP contribution is 2.14. The van der Waals surface area contributed by atoms with E-state index in [1.54, 1.807) is 18.0 Å². The largest absolute Gasteiger partial charge is 0.368 e. The Hall–Kier alpha value is -1.47. The lowest BCUT2D eigenvalue weighted by Crippen LogP contribution is -2.08. The van der Waals surface area contributed by atoms with E-state index in [4.69, 9.17) is 5.26 Å². The minimum atomic E-state index is 0.635. The van der Waals surface area contributed by atoms with Crippen LogP contribution in [0.3, 0.4) is 0 Å². The van der Waals surface area contributed by atoms with Crippen molar-refractivity contribution in [2.75, 3.05) is 23.4 Å². The van der Waals surface area contributed by atoms with Crippen molar-refractivity contribution in [1.82, 2.24) is 4.98 Å². The number of aromatic nitrogens is 1. The zero-order valence-electron chi connectivity index (χ0n) is 9.36. The molecule has 16 heavy (non-hydrogen) atoms. The summed E-state index contributed by atoms with van der Waals surface area (Å²) in [5.74, 6) is 2.61. The van der Waals surface area contributed by atoms with Crippen LogP contribution >= 0.6 is 11.8 Å². The number of anilines is 1. The van der Waals surface area contributed by atoms with Gasteiger partial charge in [-0.1, -0.05) is 6.08 Å². The van der Waals surface area contributed by atoms with Crippen molar-refractivity contribution in [1.29, 1.82) is 5.26 Å². The SMILES string of the molecule is C=CCSCCNc1nccc(C)c1C#N. The van der Waals surface area contributed by atoms with Gasteiger partial charge >= 0.3 is 0 Å². The molecule has 1 N–H and O–H groups in total. The Morgan fingerprint density at radius 1 is 1.69 bits per heavy atom. The fraction of sp³-hybridized carbons (Fsp3) is 0.333. The number of rotatable bonds is 6. The Bertz CT molecular complexity index is 396. The molecule has 0 fully saturated rings. The molecule has 3 nitrogen and oxygen atoms in total. The van der Waals surface area contributed by atoms with E-state index in [2.05, 4.69) is 22.9 Å². The van der Waals surface area contributed by atoms with Gasteiger partial charge in [0.1, 0.15) is 11.9 Å². The highest BCUT2D eigenvalue weighted by molar-refractivity contribution is 7.99. The fourth-order valence-corrected chi connectivity index (χ4v) is 1.82. The number of nitrogens with zero attached hydrogens (tertiary/aromatic N) is 2. The average molecular weight is 233 g/mol. The normalized spacial score (nSPS) is 9.50. The molecule has 0 radical (unpaired) electrons. The van der Waals surface area contributed by atoms with E-state index < -0.39 is 0 Å². The van der Waals surface area contributed by atoms with Crippen LogP contribution in [0.4, 0.5) is 5.82 Å². The molecule has 0 aliphatic carbocycles. The molecule has 0 aromatic carbocycles. The molecule has 0 atom stereocenters. The van der Waals surface area contributed by atoms with Crippen LogP contribution in [0.25, 0.3) is 0 Å². The standard InChI is InChI=1S/C12H15N3S/c1-3-7-16-8-6-15-12-11(9-13)10(2)4-5-14-12/h3-5H,1,6-8H2,2H3,(H,14,15). The van der Waals surface area contributed by atoms with Crippen molar-refractivity contribution >= 4 is 17.6 Å². The topological polar surface area (TPSA) is 48.7 Å². The van der Waals surface area contributed by atoms with E-state index in [-0.39, 0.29) is 0 Å². The fourth-order valence-electron chi connectivity index (χ4n) is 1.24. The van der Waals surface area contributed by atoms with Crippen LogP contribution < -0.4 is 5.32 Å². The molecule has 4 heteroatoms. The maximum absolute atomic E-state index is 8.99. The summed E-state index contributed by atoms with van der Waals surface area (Å²) in [5, 5.41) is 12.2. The number of aryl methyl sites for hydroxylation is 1. The first-order valence-electron chi connectivity index (χ1n) is 5.07. The monoisotopic (exact) mass is 233 g/mol. The van der Waals surface area contributed by atoms with Gasteiger partial charge in [0, 0.05) is 24.2 Å². The predicted octanol–water partition coefficient (Wildman–Crippen LogP) is 2.59. The lowest BCUT2D eigenvalue weighted by Gasteiger charge is -2.07. The Labute approximate surface area is 101 Å². The Morgan fingerprint density at radius 2 is 2.50 bits per heavy atom. The predicted molar refractivity (Wildman–Crippen MR) is 69.7 cm³/mol. The summed E-state index contributed by atoms with van der Waals surface area (Å²) in [6.45, 7) is 6.38. The van der Waals surface area contributed by atoms with E-state index >= 15 is 0 Å². The first kappa shape index (κ1) is 12.6. The first-order chi connectivity index (χ1) is 7.79. The van der Waals surface area contributed by atoms with Crippen LogP contribution in [-0.4, -0.2) is 23.0 Å². The first-order valence-corrected chi connectivity index (χ1v) is 6.23. The van der Waals surface area contributed by atoms with E-state index in [1.165, 1.54) is 0 Å². The zero-order chi connectivity index (χ0) is 11.8. The minimum Gasteiger partial charge on any atom is -0.368 e. The van der Waals surface area contributed by atoms with Gasteiger partial charge < -0.3 is 5.32 Å². The Balaban J connectivity index is 2.51. The van der Waals surface area contributed by atoms with Crippen LogP contribution in [0.1, 0.15) is 11.1 Å². The summed E-state index contributed by atoms with van der Waals surface area (Å²) in [5.41, 5.74) is 1.59. The molecule has 0 amide bonds. The van der Waals surface area contributed by atoms with Gasteiger partial charge in [0.2, 0.25) is 0 Å². The zero-order valence-corrected chi connectivity index (χ0v) is 10.2. The Kier molecular flexibility index (Phi) is 5.44. The number of thioether (sulfide) groups is 1. The second-order valence-corrected chi connectivity index (χ2v) is 4.40. The van der Waals surface area contributed by atoms with Gasteiger partial charge in [0.15, 0.2) is 0 Å². The molecule has 1 aromatic heterocycles. The molecule has 0 unspecified atom stereocenters. The van der Waals surface area contributed by atoms with Crippen molar-refractivity contribution in [2.45, 2.75) is 6.92 Å². The molecule has 0 saturated carbocycles. The van der Waals surface area contributed by atoms with Crippen molar-refractivity contribution in [3.05, 3.63) is 36.0 Å². The molecule has 84 valence electrons. The van der Waals surface area contributed by atoms with E-state index in [0.717, 1.165) is 23.6 Å². The lowest BCUT2D eigenvalue weighted by molar-refractivity contribution is 1.15. The van der Waals surface area contributed by atoms with Gasteiger partial charge in [-0.2, -0.15) is 17.0 Å². The maximum atomic E-state index is 8.99.